The highest BCUT2D eigenvalue weighted by molar-refractivity contribution is 5.98. The summed E-state index contributed by atoms with van der Waals surface area (Å²) in [5, 5.41) is 6.76. The molecule has 0 unspecified atom stereocenters. The maximum absolute atomic E-state index is 11.4. The van der Waals surface area contributed by atoms with Gasteiger partial charge in [-0.1, -0.05) is 13.0 Å². The Hall–Kier alpha value is -1.71. The first-order chi connectivity index (χ1) is 7.20. The average molecular weight is 205 g/mol. The van der Waals surface area contributed by atoms with Crippen molar-refractivity contribution in [3.8, 4) is 0 Å². The molecule has 0 fully saturated rings. The number of amides is 1. The van der Waals surface area contributed by atoms with Crippen LogP contribution in [0.1, 0.15) is 42.0 Å². The van der Waals surface area contributed by atoms with E-state index in [4.69, 9.17) is 0 Å². The molecule has 0 spiro atoms. The average Bonchev–Trinajstić information content (AvgIpc) is 2.57. The van der Waals surface area contributed by atoms with Gasteiger partial charge in [-0.3, -0.25) is 9.89 Å². The summed E-state index contributed by atoms with van der Waals surface area (Å²) in [6, 6.07) is 0. The number of hydrogen-bond acceptors (Lipinski definition) is 2. The van der Waals surface area contributed by atoms with Gasteiger partial charge in [-0.25, -0.2) is 4.99 Å². The molecule has 0 aliphatic heterocycles. The fourth-order valence-electron chi connectivity index (χ4n) is 1.20. The molecular formula is C11H15N3O. The molecule has 0 radical (unpaired) electrons. The van der Waals surface area contributed by atoms with Gasteiger partial charge in [0.25, 0.3) is 5.91 Å². The van der Waals surface area contributed by atoms with Crippen LogP contribution < -0.4 is 0 Å². The summed E-state index contributed by atoms with van der Waals surface area (Å²) in [7, 11) is 0. The number of aromatic nitrogens is 2. The minimum atomic E-state index is -0.303. The van der Waals surface area contributed by atoms with E-state index in [1.54, 1.807) is 6.92 Å². The Balaban J connectivity index is 2.98. The zero-order chi connectivity index (χ0) is 11.3. The molecular weight excluding hydrogens is 190 g/mol. The van der Waals surface area contributed by atoms with Crippen molar-refractivity contribution in [1.82, 2.24) is 10.2 Å². The molecule has 1 aromatic rings. The molecule has 0 aliphatic rings. The highest BCUT2D eigenvalue weighted by atomic mass is 16.1. The van der Waals surface area contributed by atoms with Crippen molar-refractivity contribution in [3.05, 3.63) is 23.0 Å². The number of carbonyl (C=O) groups is 1. The summed E-state index contributed by atoms with van der Waals surface area (Å²) in [6.07, 6.45) is 6.36. The van der Waals surface area contributed by atoms with Crippen LogP contribution in [-0.4, -0.2) is 22.3 Å². The Morgan fingerprint density at radius 3 is 2.93 bits per heavy atom. The van der Waals surface area contributed by atoms with Crippen LogP contribution in [0.4, 0.5) is 0 Å². The molecule has 0 saturated carbocycles. The summed E-state index contributed by atoms with van der Waals surface area (Å²) >= 11 is 0. The minimum absolute atomic E-state index is 0.303. The molecule has 1 N–H and O–H groups in total. The molecule has 4 nitrogen and oxygen atoms in total. The smallest absolute Gasteiger partial charge is 0.277 e. The Kier molecular flexibility index (Phi) is 3.97. The van der Waals surface area contributed by atoms with Crippen molar-refractivity contribution >= 4 is 18.2 Å². The summed E-state index contributed by atoms with van der Waals surface area (Å²) < 4.78 is 0. The van der Waals surface area contributed by atoms with Gasteiger partial charge in [-0.2, -0.15) is 5.10 Å². The molecule has 0 saturated heterocycles. The van der Waals surface area contributed by atoms with Crippen LogP contribution >= 0.6 is 0 Å². The van der Waals surface area contributed by atoms with Crippen LogP contribution in [-0.2, 0) is 0 Å². The summed E-state index contributed by atoms with van der Waals surface area (Å²) in [4.78, 5) is 15.1. The lowest BCUT2D eigenvalue weighted by Gasteiger charge is -1.91. The standard InChI is InChI=1S/C11H15N3O/c1-4-6-7-9-8(3)10(14-13-9)11(15)12-5-2/h5-7H,4H2,1-3H3,(H,13,14)/b7-6-,12-5?. The molecule has 0 bridgehead atoms. The quantitative estimate of drug-likeness (QED) is 0.770. The van der Waals surface area contributed by atoms with E-state index in [0.717, 1.165) is 17.7 Å². The molecule has 1 heterocycles. The van der Waals surface area contributed by atoms with Gasteiger partial charge >= 0.3 is 0 Å². The topological polar surface area (TPSA) is 58.1 Å². The number of H-pyrrole nitrogens is 1. The molecule has 15 heavy (non-hydrogen) atoms. The highest BCUT2D eigenvalue weighted by Gasteiger charge is 2.13. The number of nitrogens with zero attached hydrogens (tertiary/aromatic N) is 2. The first kappa shape index (κ1) is 11.4. The lowest BCUT2D eigenvalue weighted by Crippen LogP contribution is -1.97. The third kappa shape index (κ3) is 2.62. The van der Waals surface area contributed by atoms with Crippen LogP contribution in [0.5, 0.6) is 0 Å². The van der Waals surface area contributed by atoms with Crippen LogP contribution in [0.15, 0.2) is 11.1 Å². The maximum atomic E-state index is 11.4. The first-order valence-electron chi connectivity index (χ1n) is 4.95. The van der Waals surface area contributed by atoms with Gasteiger partial charge in [0, 0.05) is 11.8 Å². The molecule has 0 aromatic carbocycles. The zero-order valence-electron chi connectivity index (χ0n) is 9.24. The summed E-state index contributed by atoms with van der Waals surface area (Å²) in [5.41, 5.74) is 2.10. The van der Waals surface area contributed by atoms with Crippen molar-refractivity contribution < 1.29 is 4.79 Å². The van der Waals surface area contributed by atoms with Gasteiger partial charge in [0.15, 0.2) is 5.69 Å². The van der Waals surface area contributed by atoms with Crippen LogP contribution in [0, 0.1) is 6.92 Å². The Morgan fingerprint density at radius 2 is 2.33 bits per heavy atom. The fourth-order valence-corrected chi connectivity index (χ4v) is 1.20. The lowest BCUT2D eigenvalue weighted by atomic mass is 10.2. The maximum Gasteiger partial charge on any atom is 0.297 e. The normalized spacial score (nSPS) is 11.7. The Morgan fingerprint density at radius 1 is 1.60 bits per heavy atom. The number of aromatic amines is 1. The summed E-state index contributed by atoms with van der Waals surface area (Å²) in [6.45, 7) is 5.62. The van der Waals surface area contributed by atoms with E-state index >= 15 is 0 Å². The second kappa shape index (κ2) is 5.24. The van der Waals surface area contributed by atoms with Gasteiger partial charge in [0.05, 0.1) is 5.69 Å². The van der Waals surface area contributed by atoms with Crippen molar-refractivity contribution in [1.29, 1.82) is 0 Å². The van der Waals surface area contributed by atoms with Crippen molar-refractivity contribution in [2.24, 2.45) is 4.99 Å². The van der Waals surface area contributed by atoms with Crippen LogP contribution in [0.3, 0.4) is 0 Å². The number of hydrogen-bond donors (Lipinski definition) is 1. The number of nitrogens with one attached hydrogen (secondary N) is 1. The largest absolute Gasteiger partial charge is 0.297 e. The van der Waals surface area contributed by atoms with Gasteiger partial charge in [-0.05, 0) is 26.3 Å². The Labute approximate surface area is 89.1 Å². The monoisotopic (exact) mass is 205 g/mol. The third-order valence-corrected chi connectivity index (χ3v) is 2.02. The zero-order valence-corrected chi connectivity index (χ0v) is 9.24. The van der Waals surface area contributed by atoms with E-state index in [0.29, 0.717) is 5.69 Å². The van der Waals surface area contributed by atoms with E-state index in [-0.39, 0.29) is 5.91 Å². The summed E-state index contributed by atoms with van der Waals surface area (Å²) in [5.74, 6) is -0.303. The number of aliphatic imine (C=N–C) groups is 1. The van der Waals surface area contributed by atoms with E-state index < -0.39 is 0 Å². The second-order valence-electron chi connectivity index (χ2n) is 3.11. The van der Waals surface area contributed by atoms with Crippen molar-refractivity contribution in [2.45, 2.75) is 27.2 Å². The Bertz CT molecular complexity index is 402. The van der Waals surface area contributed by atoms with Gasteiger partial charge < -0.3 is 0 Å². The molecule has 4 heteroatoms. The molecule has 80 valence electrons. The number of carbonyl (C=O) groups excluding carboxylic acids is 1. The van der Waals surface area contributed by atoms with Gasteiger partial charge in [0.2, 0.25) is 0 Å². The predicted molar refractivity (Wildman–Crippen MR) is 61.1 cm³/mol. The molecule has 1 aromatic heterocycles. The molecule has 0 aliphatic carbocycles. The predicted octanol–water partition coefficient (Wildman–Crippen LogP) is 2.37. The number of allylic oxidation sites excluding steroid dienone is 1. The van der Waals surface area contributed by atoms with E-state index in [9.17, 15) is 4.79 Å². The molecule has 1 amide bonds. The molecule has 0 atom stereocenters. The van der Waals surface area contributed by atoms with Crippen LogP contribution in [0.25, 0.3) is 6.08 Å². The van der Waals surface area contributed by atoms with E-state index in [2.05, 4.69) is 22.1 Å². The highest BCUT2D eigenvalue weighted by Crippen LogP contribution is 2.12. The van der Waals surface area contributed by atoms with Gasteiger partial charge in [0.1, 0.15) is 0 Å². The SMILES string of the molecule is CC=NC(=O)c1n[nH]c(/C=C\CC)c1C. The van der Waals surface area contributed by atoms with Crippen molar-refractivity contribution in [2.75, 3.05) is 0 Å². The fraction of sp³-hybridized carbons (Fsp3) is 0.364. The van der Waals surface area contributed by atoms with E-state index in [1.807, 2.05) is 19.1 Å². The van der Waals surface area contributed by atoms with Crippen LogP contribution in [0.2, 0.25) is 0 Å². The van der Waals surface area contributed by atoms with E-state index in [1.165, 1.54) is 6.21 Å². The minimum Gasteiger partial charge on any atom is -0.277 e. The third-order valence-electron chi connectivity index (χ3n) is 2.02. The number of rotatable bonds is 3. The lowest BCUT2D eigenvalue weighted by molar-refractivity contribution is 0.0998. The van der Waals surface area contributed by atoms with Crippen molar-refractivity contribution in [3.63, 3.8) is 0 Å². The first-order valence-corrected chi connectivity index (χ1v) is 4.95. The second-order valence-corrected chi connectivity index (χ2v) is 3.11. The van der Waals surface area contributed by atoms with Gasteiger partial charge in [-0.15, -0.1) is 0 Å². The molecule has 1 rings (SSSR count).